The molecule has 2 amide bonds. The zero-order valence-corrected chi connectivity index (χ0v) is 17.3. The van der Waals surface area contributed by atoms with E-state index in [4.69, 9.17) is 13.9 Å². The molecule has 31 heavy (non-hydrogen) atoms. The third-order valence-electron chi connectivity index (χ3n) is 4.42. The van der Waals surface area contributed by atoms with E-state index in [-0.39, 0.29) is 30.6 Å². The highest BCUT2D eigenvalue weighted by Crippen LogP contribution is 2.18. The third-order valence-corrected chi connectivity index (χ3v) is 4.42. The molecule has 0 aliphatic rings. The third kappa shape index (κ3) is 6.08. The van der Waals surface area contributed by atoms with Crippen molar-refractivity contribution in [3.8, 4) is 11.5 Å². The van der Waals surface area contributed by atoms with Gasteiger partial charge in [-0.15, -0.1) is 0 Å². The summed E-state index contributed by atoms with van der Waals surface area (Å²) in [6.07, 6.45) is 0. The van der Waals surface area contributed by atoms with E-state index in [1.807, 2.05) is 0 Å². The number of hydrogen-bond donors (Lipinski definition) is 1. The zero-order chi connectivity index (χ0) is 22.2. The van der Waals surface area contributed by atoms with Gasteiger partial charge in [0.2, 0.25) is 5.91 Å². The molecular formula is C23H23FN2O5. The number of anilines is 1. The van der Waals surface area contributed by atoms with Crippen molar-refractivity contribution in [3.05, 3.63) is 78.0 Å². The van der Waals surface area contributed by atoms with Crippen molar-refractivity contribution in [1.82, 2.24) is 4.90 Å². The summed E-state index contributed by atoms with van der Waals surface area (Å²) in [6, 6.07) is 15.7. The van der Waals surface area contributed by atoms with Crippen molar-refractivity contribution < 1.29 is 27.9 Å². The number of furan rings is 1. The lowest BCUT2D eigenvalue weighted by atomic mass is 10.3. The molecule has 8 heteroatoms. The number of likely N-dealkylation sites (N-methyl/N-ethyl adjacent to an activating group) is 1. The Hall–Kier alpha value is -3.81. The van der Waals surface area contributed by atoms with E-state index < -0.39 is 5.91 Å². The minimum absolute atomic E-state index is 0.0847. The Morgan fingerprint density at radius 1 is 1.06 bits per heavy atom. The Bertz CT molecular complexity index is 1030. The minimum Gasteiger partial charge on any atom is -0.497 e. The maximum atomic E-state index is 12.9. The van der Waals surface area contributed by atoms with Crippen LogP contribution in [0, 0.1) is 5.82 Å². The normalized spacial score (nSPS) is 10.4. The molecule has 0 atom stereocenters. The highest BCUT2D eigenvalue weighted by atomic mass is 19.1. The average Bonchev–Trinajstić information content (AvgIpc) is 3.26. The second-order valence-electron chi connectivity index (χ2n) is 6.61. The smallest absolute Gasteiger partial charge is 0.290 e. The Morgan fingerprint density at radius 2 is 1.84 bits per heavy atom. The predicted octanol–water partition coefficient (Wildman–Crippen LogP) is 4.11. The van der Waals surface area contributed by atoms with Gasteiger partial charge in [-0.3, -0.25) is 9.59 Å². The second-order valence-corrected chi connectivity index (χ2v) is 6.61. The van der Waals surface area contributed by atoms with Crippen LogP contribution in [0.2, 0.25) is 0 Å². The minimum atomic E-state index is -0.406. The molecule has 0 spiro atoms. The lowest BCUT2D eigenvalue weighted by molar-refractivity contribution is -0.116. The molecular weight excluding hydrogens is 403 g/mol. The largest absolute Gasteiger partial charge is 0.497 e. The molecule has 0 unspecified atom stereocenters. The SMILES string of the molecule is CCN(CC(=O)Nc1cccc(OC)c1)C(=O)c1ccc(COc2ccc(F)cc2)o1. The van der Waals surface area contributed by atoms with Gasteiger partial charge in [0.15, 0.2) is 5.76 Å². The van der Waals surface area contributed by atoms with E-state index in [1.54, 1.807) is 44.4 Å². The average molecular weight is 426 g/mol. The molecule has 1 aromatic heterocycles. The summed E-state index contributed by atoms with van der Waals surface area (Å²) >= 11 is 0. The Balaban J connectivity index is 1.57. The highest BCUT2D eigenvalue weighted by Gasteiger charge is 2.21. The van der Waals surface area contributed by atoms with E-state index in [0.717, 1.165) is 0 Å². The number of carbonyl (C=O) groups excluding carboxylic acids is 2. The summed E-state index contributed by atoms with van der Waals surface area (Å²) < 4.78 is 29.2. The van der Waals surface area contributed by atoms with Crippen LogP contribution in [0.5, 0.6) is 11.5 Å². The van der Waals surface area contributed by atoms with E-state index in [1.165, 1.54) is 35.2 Å². The van der Waals surface area contributed by atoms with Gasteiger partial charge in [0.1, 0.15) is 36.2 Å². The van der Waals surface area contributed by atoms with Crippen molar-refractivity contribution in [3.63, 3.8) is 0 Å². The van der Waals surface area contributed by atoms with E-state index in [2.05, 4.69) is 5.32 Å². The van der Waals surface area contributed by atoms with E-state index in [9.17, 15) is 14.0 Å². The molecule has 2 aromatic carbocycles. The predicted molar refractivity (Wildman–Crippen MR) is 113 cm³/mol. The molecule has 1 N–H and O–H groups in total. The number of ether oxygens (including phenoxy) is 2. The monoisotopic (exact) mass is 426 g/mol. The van der Waals surface area contributed by atoms with Crippen LogP contribution in [0.1, 0.15) is 23.2 Å². The molecule has 0 fully saturated rings. The summed E-state index contributed by atoms with van der Waals surface area (Å²) in [6.45, 7) is 2.06. The van der Waals surface area contributed by atoms with Gasteiger partial charge in [-0.05, 0) is 55.5 Å². The highest BCUT2D eigenvalue weighted by molar-refractivity contribution is 5.98. The summed E-state index contributed by atoms with van der Waals surface area (Å²) in [4.78, 5) is 26.5. The van der Waals surface area contributed by atoms with Crippen LogP contribution in [0.15, 0.2) is 65.1 Å². The number of methoxy groups -OCH3 is 1. The molecule has 0 aliphatic heterocycles. The van der Waals surface area contributed by atoms with Crippen LogP contribution in [0.25, 0.3) is 0 Å². The summed E-state index contributed by atoms with van der Waals surface area (Å²) in [7, 11) is 1.54. The number of halogens is 1. The molecule has 162 valence electrons. The van der Waals surface area contributed by atoms with Crippen LogP contribution < -0.4 is 14.8 Å². The molecule has 1 heterocycles. The van der Waals surface area contributed by atoms with Crippen molar-refractivity contribution in [2.75, 3.05) is 25.5 Å². The number of nitrogens with one attached hydrogen (secondary N) is 1. The van der Waals surface area contributed by atoms with Gasteiger partial charge in [-0.25, -0.2) is 4.39 Å². The second kappa shape index (κ2) is 10.3. The van der Waals surface area contributed by atoms with Crippen LogP contribution in [0.3, 0.4) is 0 Å². The lowest BCUT2D eigenvalue weighted by Crippen LogP contribution is -2.37. The quantitative estimate of drug-likeness (QED) is 0.557. The van der Waals surface area contributed by atoms with Crippen molar-refractivity contribution in [1.29, 1.82) is 0 Å². The number of benzene rings is 2. The molecule has 0 bridgehead atoms. The fraction of sp³-hybridized carbons (Fsp3) is 0.217. The van der Waals surface area contributed by atoms with E-state index >= 15 is 0 Å². The van der Waals surface area contributed by atoms with Crippen molar-refractivity contribution in [2.24, 2.45) is 0 Å². The first-order valence-electron chi connectivity index (χ1n) is 9.68. The standard InChI is InChI=1S/C23H23FN2O5/c1-3-26(14-22(27)25-17-5-4-6-19(13-17)29-2)23(28)21-12-11-20(31-21)15-30-18-9-7-16(24)8-10-18/h4-13H,3,14-15H2,1-2H3,(H,25,27). The number of amides is 2. The van der Waals surface area contributed by atoms with Gasteiger partial charge in [0, 0.05) is 18.3 Å². The molecule has 7 nitrogen and oxygen atoms in total. The first-order valence-corrected chi connectivity index (χ1v) is 9.68. The fourth-order valence-electron chi connectivity index (χ4n) is 2.81. The fourth-order valence-corrected chi connectivity index (χ4v) is 2.81. The van der Waals surface area contributed by atoms with E-state index in [0.29, 0.717) is 29.5 Å². The Morgan fingerprint density at radius 3 is 2.55 bits per heavy atom. The molecule has 0 saturated heterocycles. The van der Waals surface area contributed by atoms with Gasteiger partial charge >= 0.3 is 0 Å². The number of hydrogen-bond acceptors (Lipinski definition) is 5. The van der Waals surface area contributed by atoms with Crippen LogP contribution in [-0.4, -0.2) is 36.9 Å². The van der Waals surface area contributed by atoms with Crippen molar-refractivity contribution in [2.45, 2.75) is 13.5 Å². The number of nitrogens with zero attached hydrogens (tertiary/aromatic N) is 1. The van der Waals surface area contributed by atoms with Gasteiger partial charge in [-0.1, -0.05) is 6.07 Å². The molecule has 3 aromatic rings. The number of carbonyl (C=O) groups is 2. The van der Waals surface area contributed by atoms with Gasteiger partial charge in [0.05, 0.1) is 7.11 Å². The van der Waals surface area contributed by atoms with Crippen molar-refractivity contribution >= 4 is 17.5 Å². The summed E-state index contributed by atoms with van der Waals surface area (Å²) in [5.74, 6) is 0.542. The first kappa shape index (κ1) is 21.9. The van der Waals surface area contributed by atoms with Crippen LogP contribution in [-0.2, 0) is 11.4 Å². The van der Waals surface area contributed by atoms with Gasteiger partial charge in [0.25, 0.3) is 5.91 Å². The lowest BCUT2D eigenvalue weighted by Gasteiger charge is -2.19. The van der Waals surface area contributed by atoms with Crippen LogP contribution >= 0.6 is 0 Å². The molecule has 0 saturated carbocycles. The maximum Gasteiger partial charge on any atom is 0.290 e. The van der Waals surface area contributed by atoms with Crippen LogP contribution in [0.4, 0.5) is 10.1 Å². The summed E-state index contributed by atoms with van der Waals surface area (Å²) in [5, 5.41) is 2.75. The maximum absolute atomic E-state index is 12.9. The zero-order valence-electron chi connectivity index (χ0n) is 17.3. The Labute approximate surface area is 179 Å². The molecule has 0 radical (unpaired) electrons. The summed E-state index contributed by atoms with van der Waals surface area (Å²) in [5.41, 5.74) is 0.575. The topological polar surface area (TPSA) is 81.0 Å². The van der Waals surface area contributed by atoms with Gasteiger partial charge in [-0.2, -0.15) is 0 Å². The molecule has 3 rings (SSSR count). The Kier molecular flexibility index (Phi) is 7.26. The number of rotatable bonds is 9. The first-order chi connectivity index (χ1) is 15.0. The molecule has 0 aliphatic carbocycles. The van der Waals surface area contributed by atoms with Gasteiger partial charge < -0.3 is 24.1 Å².